The fourth-order valence-electron chi connectivity index (χ4n) is 1.48. The van der Waals surface area contributed by atoms with Crippen LogP contribution in [0.3, 0.4) is 0 Å². The largest absolute Gasteiger partial charge is 0.396 e. The van der Waals surface area contributed by atoms with Gasteiger partial charge in [-0.1, -0.05) is 34.8 Å². The maximum atomic E-state index is 12.0. The van der Waals surface area contributed by atoms with E-state index in [0.717, 1.165) is 6.42 Å². The lowest BCUT2D eigenvalue weighted by Crippen LogP contribution is -2.25. The number of hydrogen-bond acceptors (Lipinski definition) is 3. The second-order valence-electron chi connectivity index (χ2n) is 3.88. The van der Waals surface area contributed by atoms with Crippen LogP contribution in [0.1, 0.15) is 19.3 Å². The molecule has 0 aromatic heterocycles. The Morgan fingerprint density at radius 3 is 2.16 bits per heavy atom. The average molecular weight is 347 g/mol. The molecule has 0 heterocycles. The predicted octanol–water partition coefficient (Wildman–Crippen LogP) is 3.09. The second-order valence-corrected chi connectivity index (χ2v) is 6.84. The molecule has 0 fully saturated rings. The van der Waals surface area contributed by atoms with E-state index < -0.39 is 10.0 Å². The van der Waals surface area contributed by atoms with Crippen LogP contribution in [-0.4, -0.2) is 26.7 Å². The number of benzene rings is 1. The molecule has 1 rings (SSSR count). The second kappa shape index (κ2) is 7.67. The van der Waals surface area contributed by atoms with Crippen LogP contribution in [0.5, 0.6) is 0 Å². The summed E-state index contributed by atoms with van der Waals surface area (Å²) in [6.07, 6.45) is 2.01. The van der Waals surface area contributed by atoms with Crippen LogP contribution in [0.15, 0.2) is 17.0 Å². The highest BCUT2D eigenvalue weighted by Crippen LogP contribution is 2.32. The maximum Gasteiger partial charge on any atom is 0.243 e. The van der Waals surface area contributed by atoms with Crippen LogP contribution < -0.4 is 4.72 Å². The number of unbranched alkanes of at least 4 members (excludes halogenated alkanes) is 2. The predicted molar refractivity (Wildman–Crippen MR) is 77.6 cm³/mol. The van der Waals surface area contributed by atoms with Crippen molar-refractivity contribution in [3.05, 3.63) is 27.2 Å². The van der Waals surface area contributed by atoms with Gasteiger partial charge in [0.25, 0.3) is 0 Å². The molecule has 0 unspecified atom stereocenters. The minimum absolute atomic E-state index is 0.0136. The lowest BCUT2D eigenvalue weighted by Gasteiger charge is -2.10. The van der Waals surface area contributed by atoms with Crippen molar-refractivity contribution in [2.45, 2.75) is 24.2 Å². The highest BCUT2D eigenvalue weighted by atomic mass is 35.5. The number of aliphatic hydroxyl groups is 1. The Morgan fingerprint density at radius 1 is 1.05 bits per heavy atom. The van der Waals surface area contributed by atoms with Gasteiger partial charge in [-0.3, -0.25) is 0 Å². The van der Waals surface area contributed by atoms with Gasteiger partial charge < -0.3 is 5.11 Å². The van der Waals surface area contributed by atoms with E-state index in [9.17, 15) is 8.42 Å². The molecule has 19 heavy (non-hydrogen) atoms. The first-order chi connectivity index (χ1) is 8.88. The highest BCUT2D eigenvalue weighted by Gasteiger charge is 2.21. The summed E-state index contributed by atoms with van der Waals surface area (Å²) in [4.78, 5) is -0.164. The SMILES string of the molecule is O=S(=O)(NCCCCCO)c1c(Cl)cc(Cl)cc1Cl. The van der Waals surface area contributed by atoms with Crippen molar-refractivity contribution in [3.63, 3.8) is 0 Å². The molecule has 0 bridgehead atoms. The van der Waals surface area contributed by atoms with Crippen molar-refractivity contribution >= 4 is 44.8 Å². The highest BCUT2D eigenvalue weighted by molar-refractivity contribution is 7.89. The number of halogens is 3. The monoisotopic (exact) mass is 345 g/mol. The first-order valence-corrected chi connectivity index (χ1v) is 8.25. The van der Waals surface area contributed by atoms with E-state index >= 15 is 0 Å². The molecule has 0 saturated carbocycles. The Morgan fingerprint density at radius 2 is 1.63 bits per heavy atom. The lowest BCUT2D eigenvalue weighted by molar-refractivity contribution is 0.283. The Kier molecular flexibility index (Phi) is 6.86. The van der Waals surface area contributed by atoms with E-state index in [-0.39, 0.29) is 33.1 Å². The third-order valence-corrected chi connectivity index (χ3v) is 4.96. The molecule has 0 aliphatic carbocycles. The molecule has 1 aromatic rings. The third-order valence-electron chi connectivity index (χ3n) is 2.36. The van der Waals surface area contributed by atoms with E-state index in [1.807, 2.05) is 0 Å². The van der Waals surface area contributed by atoms with Crippen LogP contribution in [0, 0.1) is 0 Å². The van der Waals surface area contributed by atoms with Crippen LogP contribution in [0.25, 0.3) is 0 Å². The van der Waals surface area contributed by atoms with E-state index in [2.05, 4.69) is 4.72 Å². The van der Waals surface area contributed by atoms with Gasteiger partial charge in [0.1, 0.15) is 4.90 Å². The normalized spacial score (nSPS) is 11.8. The summed E-state index contributed by atoms with van der Waals surface area (Å²) in [5, 5.41) is 8.86. The van der Waals surface area contributed by atoms with Gasteiger partial charge in [0.2, 0.25) is 10.0 Å². The Hall–Kier alpha value is -0.0400. The Bertz CT molecular complexity index is 511. The molecule has 0 radical (unpaired) electrons. The van der Waals surface area contributed by atoms with Gasteiger partial charge in [0.15, 0.2) is 0 Å². The molecule has 1 aromatic carbocycles. The Balaban J connectivity index is 2.78. The average Bonchev–Trinajstić information content (AvgIpc) is 2.26. The fraction of sp³-hybridized carbons (Fsp3) is 0.455. The molecule has 0 spiro atoms. The summed E-state index contributed by atoms with van der Waals surface area (Å²) in [5.41, 5.74) is 0. The van der Waals surface area contributed by atoms with Crippen molar-refractivity contribution in [1.29, 1.82) is 0 Å². The molecule has 0 aliphatic rings. The molecule has 108 valence electrons. The van der Waals surface area contributed by atoms with Gasteiger partial charge in [0, 0.05) is 18.2 Å². The van der Waals surface area contributed by atoms with Gasteiger partial charge in [-0.2, -0.15) is 0 Å². The van der Waals surface area contributed by atoms with Crippen molar-refractivity contribution in [2.75, 3.05) is 13.2 Å². The molecular weight excluding hydrogens is 333 g/mol. The number of nitrogens with one attached hydrogen (secondary N) is 1. The van der Waals surface area contributed by atoms with E-state index in [1.54, 1.807) is 0 Å². The number of hydrogen-bond donors (Lipinski definition) is 2. The summed E-state index contributed by atoms with van der Waals surface area (Å²) >= 11 is 17.4. The summed E-state index contributed by atoms with van der Waals surface area (Å²) < 4.78 is 26.5. The molecule has 2 N–H and O–H groups in total. The number of aliphatic hydroxyl groups excluding tert-OH is 1. The van der Waals surface area contributed by atoms with Crippen molar-refractivity contribution < 1.29 is 13.5 Å². The van der Waals surface area contributed by atoms with Gasteiger partial charge in [-0.25, -0.2) is 13.1 Å². The van der Waals surface area contributed by atoms with E-state index in [4.69, 9.17) is 39.9 Å². The molecule has 0 saturated heterocycles. The zero-order valence-electron chi connectivity index (χ0n) is 10.00. The Labute approximate surface area is 127 Å². The zero-order valence-corrected chi connectivity index (χ0v) is 13.1. The van der Waals surface area contributed by atoms with Crippen molar-refractivity contribution in [3.8, 4) is 0 Å². The van der Waals surface area contributed by atoms with E-state index in [1.165, 1.54) is 12.1 Å². The molecule has 0 aliphatic heterocycles. The van der Waals surface area contributed by atoms with E-state index in [0.29, 0.717) is 12.8 Å². The van der Waals surface area contributed by atoms with Crippen molar-refractivity contribution in [2.24, 2.45) is 0 Å². The molecule has 0 amide bonds. The molecular formula is C11H14Cl3NO3S. The van der Waals surface area contributed by atoms with Crippen LogP contribution in [0.2, 0.25) is 15.1 Å². The maximum absolute atomic E-state index is 12.0. The van der Waals surface area contributed by atoms with Gasteiger partial charge in [0.05, 0.1) is 10.0 Å². The summed E-state index contributed by atoms with van der Waals surface area (Å²) in [5.74, 6) is 0. The molecule has 0 atom stereocenters. The van der Waals surface area contributed by atoms with Gasteiger partial charge >= 0.3 is 0 Å². The number of rotatable bonds is 7. The minimum Gasteiger partial charge on any atom is -0.396 e. The number of sulfonamides is 1. The topological polar surface area (TPSA) is 66.4 Å². The standard InChI is InChI=1S/C11H14Cl3NO3S/c12-8-6-9(13)11(10(14)7-8)19(17,18)15-4-2-1-3-5-16/h6-7,15-16H,1-5H2. The first-order valence-electron chi connectivity index (χ1n) is 5.63. The van der Waals surface area contributed by atoms with Gasteiger partial charge in [-0.05, 0) is 31.4 Å². The van der Waals surface area contributed by atoms with Crippen molar-refractivity contribution in [1.82, 2.24) is 4.72 Å². The van der Waals surface area contributed by atoms with Crippen LogP contribution in [-0.2, 0) is 10.0 Å². The molecule has 8 heteroatoms. The van der Waals surface area contributed by atoms with Gasteiger partial charge in [-0.15, -0.1) is 0 Å². The zero-order chi connectivity index (χ0) is 14.5. The first kappa shape index (κ1) is 17.0. The van der Waals surface area contributed by atoms with Crippen LogP contribution in [0.4, 0.5) is 0 Å². The van der Waals surface area contributed by atoms with Crippen LogP contribution >= 0.6 is 34.8 Å². The quantitative estimate of drug-likeness (QED) is 0.746. The summed E-state index contributed by atoms with van der Waals surface area (Å²) in [6, 6.07) is 2.66. The third kappa shape index (κ3) is 5.10. The summed E-state index contributed by atoms with van der Waals surface area (Å²) in [6.45, 7) is 0.360. The molecule has 4 nitrogen and oxygen atoms in total. The smallest absolute Gasteiger partial charge is 0.243 e. The lowest BCUT2D eigenvalue weighted by atomic mass is 10.2. The fourth-order valence-corrected chi connectivity index (χ4v) is 4.09. The summed E-state index contributed by atoms with van der Waals surface area (Å²) in [7, 11) is -3.76. The minimum atomic E-state index is -3.76.